The van der Waals surface area contributed by atoms with E-state index in [1.54, 1.807) is 29.2 Å². The van der Waals surface area contributed by atoms with Gasteiger partial charge in [0.1, 0.15) is 5.54 Å². The number of hydrogen-bond acceptors (Lipinski definition) is 5. The quantitative estimate of drug-likeness (QED) is 0.712. The molecule has 2 aromatic carbocycles. The second-order valence-electron chi connectivity index (χ2n) is 8.28. The molecule has 4 rings (SSSR count). The number of piperidine rings is 1. The summed E-state index contributed by atoms with van der Waals surface area (Å²) in [5, 5.41) is 9.33. The molecule has 2 aliphatic heterocycles. The fourth-order valence-electron chi connectivity index (χ4n) is 4.50. The van der Waals surface area contributed by atoms with Crippen LogP contribution in [-0.2, 0) is 21.4 Å². The van der Waals surface area contributed by atoms with Gasteiger partial charge in [-0.15, -0.1) is 0 Å². The average Bonchev–Trinajstić information content (AvgIpc) is 3.01. The maximum absolute atomic E-state index is 13.6. The third kappa shape index (κ3) is 4.36. The molecular weight excluding hydrogens is 432 g/mol. The largest absolute Gasteiger partial charge is 0.465 e. The van der Waals surface area contributed by atoms with E-state index in [1.165, 1.54) is 4.90 Å². The van der Waals surface area contributed by atoms with Crippen molar-refractivity contribution in [1.82, 2.24) is 9.80 Å². The molecule has 2 saturated heterocycles. The number of carbonyl (C=O) groups is 2. The van der Waals surface area contributed by atoms with Gasteiger partial charge in [-0.2, -0.15) is 0 Å². The summed E-state index contributed by atoms with van der Waals surface area (Å²) in [5.74, 6) is -0.00951. The third-order valence-corrected chi connectivity index (χ3v) is 6.68. The fourth-order valence-corrected chi connectivity index (χ4v) is 5.07. The van der Waals surface area contributed by atoms with Gasteiger partial charge in [-0.25, -0.2) is 13.2 Å². The first-order chi connectivity index (χ1) is 15.2. The molecule has 1 spiro atoms. The molecule has 0 aromatic heterocycles. The Bertz CT molecular complexity index is 1100. The minimum atomic E-state index is -3.36. The fraction of sp³-hybridized carbons (Fsp3) is 0.364. The van der Waals surface area contributed by atoms with Crippen molar-refractivity contribution < 1.29 is 23.1 Å². The molecule has 0 aliphatic carbocycles. The number of amides is 2. The number of rotatable bonds is 5. The number of para-hydroxylation sites is 1. The van der Waals surface area contributed by atoms with Crippen LogP contribution in [0.4, 0.5) is 16.2 Å². The molecule has 10 heteroatoms. The highest BCUT2D eigenvalue weighted by Gasteiger charge is 2.54. The molecule has 2 N–H and O–H groups in total. The lowest BCUT2D eigenvalue weighted by atomic mass is 9.85. The summed E-state index contributed by atoms with van der Waals surface area (Å²) in [5.41, 5.74) is 1.50. The Balaban J connectivity index is 1.57. The Hall–Kier alpha value is -3.27. The summed E-state index contributed by atoms with van der Waals surface area (Å²) >= 11 is 0. The smallest absolute Gasteiger partial charge is 0.407 e. The van der Waals surface area contributed by atoms with Gasteiger partial charge in [-0.1, -0.05) is 30.3 Å². The van der Waals surface area contributed by atoms with E-state index >= 15 is 0 Å². The normalized spacial score (nSPS) is 18.3. The van der Waals surface area contributed by atoms with Gasteiger partial charge < -0.3 is 19.8 Å². The summed E-state index contributed by atoms with van der Waals surface area (Å²) in [6.45, 7) is 1.40. The summed E-state index contributed by atoms with van der Waals surface area (Å²) in [6.07, 6.45) is 0.995. The Morgan fingerprint density at radius 2 is 1.69 bits per heavy atom. The van der Waals surface area contributed by atoms with Crippen molar-refractivity contribution >= 4 is 33.4 Å². The van der Waals surface area contributed by atoms with Crippen molar-refractivity contribution in [3.8, 4) is 0 Å². The van der Waals surface area contributed by atoms with Crippen LogP contribution in [0.2, 0.25) is 0 Å². The molecule has 0 unspecified atom stereocenters. The Kier molecular flexibility index (Phi) is 5.72. The number of nitrogens with zero attached hydrogens (tertiary/aromatic N) is 3. The monoisotopic (exact) mass is 458 g/mol. The predicted molar refractivity (Wildman–Crippen MR) is 121 cm³/mol. The van der Waals surface area contributed by atoms with E-state index in [4.69, 9.17) is 0 Å². The SMILES string of the molecule is CS(=O)(=O)Nc1ccc(CN2CN(c3ccccc3)C3(CCN(C(=O)O)CC3)C2=O)cc1. The number of carbonyl (C=O) groups excluding carboxylic acids is 1. The van der Waals surface area contributed by atoms with Gasteiger partial charge in [0.2, 0.25) is 15.9 Å². The van der Waals surface area contributed by atoms with Crippen LogP contribution in [0.3, 0.4) is 0 Å². The molecule has 9 nitrogen and oxygen atoms in total. The molecule has 0 atom stereocenters. The molecule has 32 heavy (non-hydrogen) atoms. The molecule has 0 saturated carbocycles. The molecule has 0 bridgehead atoms. The molecule has 2 fully saturated rings. The van der Waals surface area contributed by atoms with Gasteiger partial charge in [0.25, 0.3) is 0 Å². The predicted octanol–water partition coefficient (Wildman–Crippen LogP) is 2.38. The summed E-state index contributed by atoms with van der Waals surface area (Å²) in [6, 6.07) is 16.6. The molecule has 2 amide bonds. The lowest BCUT2D eigenvalue weighted by Crippen LogP contribution is -2.57. The van der Waals surface area contributed by atoms with Gasteiger partial charge in [-0.3, -0.25) is 9.52 Å². The first kappa shape index (κ1) is 21.9. The van der Waals surface area contributed by atoms with Crippen LogP contribution in [0.15, 0.2) is 54.6 Å². The van der Waals surface area contributed by atoms with Gasteiger partial charge >= 0.3 is 6.09 Å². The summed E-state index contributed by atoms with van der Waals surface area (Å²) < 4.78 is 25.2. The van der Waals surface area contributed by atoms with Crippen molar-refractivity contribution in [2.75, 3.05) is 35.6 Å². The van der Waals surface area contributed by atoms with E-state index in [2.05, 4.69) is 9.62 Å². The highest BCUT2D eigenvalue weighted by atomic mass is 32.2. The maximum Gasteiger partial charge on any atom is 0.407 e. The van der Waals surface area contributed by atoms with Crippen molar-refractivity contribution in [2.45, 2.75) is 24.9 Å². The lowest BCUT2D eigenvalue weighted by molar-refractivity contribution is -0.134. The van der Waals surface area contributed by atoms with Crippen LogP contribution < -0.4 is 9.62 Å². The zero-order valence-electron chi connectivity index (χ0n) is 17.8. The minimum absolute atomic E-state index is 0.00951. The van der Waals surface area contributed by atoms with Crippen molar-refractivity contribution in [2.24, 2.45) is 0 Å². The topological polar surface area (TPSA) is 110 Å². The van der Waals surface area contributed by atoms with Crippen molar-refractivity contribution in [3.63, 3.8) is 0 Å². The van der Waals surface area contributed by atoms with Crippen LogP contribution in [0, 0.1) is 0 Å². The molecular formula is C22H26N4O5S. The van der Waals surface area contributed by atoms with E-state index in [0.717, 1.165) is 17.5 Å². The Morgan fingerprint density at radius 1 is 1.06 bits per heavy atom. The van der Waals surface area contributed by atoms with E-state index in [9.17, 15) is 23.1 Å². The highest BCUT2D eigenvalue weighted by molar-refractivity contribution is 7.92. The number of sulfonamides is 1. The van der Waals surface area contributed by atoms with E-state index < -0.39 is 21.7 Å². The van der Waals surface area contributed by atoms with Crippen LogP contribution >= 0.6 is 0 Å². The first-order valence-corrected chi connectivity index (χ1v) is 12.2. The zero-order valence-corrected chi connectivity index (χ0v) is 18.6. The second kappa shape index (κ2) is 8.34. The molecule has 2 aliphatic rings. The van der Waals surface area contributed by atoms with E-state index in [-0.39, 0.29) is 5.91 Å². The van der Waals surface area contributed by atoms with Crippen molar-refractivity contribution in [1.29, 1.82) is 0 Å². The highest BCUT2D eigenvalue weighted by Crippen LogP contribution is 2.40. The standard InChI is InChI=1S/C22H26N4O5S/c1-32(30,31)23-18-9-7-17(8-10-18)15-25-16-26(19-5-3-2-4-6-19)22(20(25)27)11-13-24(14-12-22)21(28)29/h2-10,23H,11-16H2,1H3,(H,28,29). The van der Waals surface area contributed by atoms with E-state index in [0.29, 0.717) is 44.8 Å². The molecule has 170 valence electrons. The van der Waals surface area contributed by atoms with Crippen LogP contribution in [0.1, 0.15) is 18.4 Å². The number of hydrogen-bond donors (Lipinski definition) is 2. The summed E-state index contributed by atoms with van der Waals surface area (Å²) in [7, 11) is -3.36. The first-order valence-electron chi connectivity index (χ1n) is 10.3. The number of anilines is 2. The van der Waals surface area contributed by atoms with Crippen molar-refractivity contribution in [3.05, 3.63) is 60.2 Å². The van der Waals surface area contributed by atoms with Gasteiger partial charge in [-0.05, 0) is 42.7 Å². The minimum Gasteiger partial charge on any atom is -0.465 e. The average molecular weight is 459 g/mol. The number of benzene rings is 2. The lowest BCUT2D eigenvalue weighted by Gasteiger charge is -2.42. The van der Waals surface area contributed by atoms with Gasteiger partial charge in [0.05, 0.1) is 12.9 Å². The molecule has 2 aromatic rings. The van der Waals surface area contributed by atoms with Gasteiger partial charge in [0.15, 0.2) is 0 Å². The molecule has 2 heterocycles. The van der Waals surface area contributed by atoms with Crippen LogP contribution in [0.25, 0.3) is 0 Å². The molecule has 0 radical (unpaired) electrons. The number of likely N-dealkylation sites (tertiary alicyclic amines) is 1. The third-order valence-electron chi connectivity index (χ3n) is 6.07. The maximum atomic E-state index is 13.6. The van der Waals surface area contributed by atoms with Crippen LogP contribution in [-0.4, -0.2) is 66.9 Å². The number of carboxylic acid groups (broad SMARTS) is 1. The second-order valence-corrected chi connectivity index (χ2v) is 10.0. The Labute approximate surface area is 187 Å². The zero-order chi connectivity index (χ0) is 22.9. The van der Waals surface area contributed by atoms with E-state index in [1.807, 2.05) is 30.3 Å². The van der Waals surface area contributed by atoms with Crippen LogP contribution in [0.5, 0.6) is 0 Å². The Morgan fingerprint density at radius 3 is 2.25 bits per heavy atom. The number of nitrogens with one attached hydrogen (secondary N) is 1. The van der Waals surface area contributed by atoms with Gasteiger partial charge in [0, 0.05) is 31.0 Å². The summed E-state index contributed by atoms with van der Waals surface area (Å²) in [4.78, 5) is 30.2.